The van der Waals surface area contributed by atoms with Gasteiger partial charge in [0.25, 0.3) is 5.91 Å². The highest BCUT2D eigenvalue weighted by molar-refractivity contribution is 7.13. The first-order valence-corrected chi connectivity index (χ1v) is 8.52. The Morgan fingerprint density at radius 1 is 1.26 bits per heavy atom. The molecular weight excluding hydrogens is 379 g/mol. The molecule has 0 saturated carbocycles. The summed E-state index contributed by atoms with van der Waals surface area (Å²) < 4.78 is 5.49. The molecule has 2 rings (SSSR count). The molecule has 0 aliphatic carbocycles. The number of hydrogen-bond donors (Lipinski definition) is 1. The molecule has 0 bridgehead atoms. The molecule has 1 heterocycles. The van der Waals surface area contributed by atoms with Gasteiger partial charge in [0.2, 0.25) is 0 Å². The summed E-state index contributed by atoms with van der Waals surface area (Å²) in [6.45, 7) is 3.58. The van der Waals surface area contributed by atoms with E-state index in [0.29, 0.717) is 10.0 Å². The third-order valence-corrected chi connectivity index (χ3v) is 4.73. The van der Waals surface area contributed by atoms with E-state index in [9.17, 15) is 4.79 Å². The third kappa shape index (κ3) is 5.11. The second kappa shape index (κ2) is 8.02. The lowest BCUT2D eigenvalue weighted by molar-refractivity contribution is -0.127. The van der Waals surface area contributed by atoms with Crippen molar-refractivity contribution in [3.8, 4) is 5.75 Å². The normalized spacial score (nSPS) is 12.4. The molecule has 1 N–H and O–H groups in total. The summed E-state index contributed by atoms with van der Waals surface area (Å²) in [6.07, 6.45) is 0.779. The SMILES string of the molecule is Cc1ccc(/C=N\NC(=O)C(C)Oc2cc(Cl)c(Cl)cc2Cl)s1. The largest absolute Gasteiger partial charge is 0.479 e. The first-order chi connectivity index (χ1) is 10.9. The monoisotopic (exact) mass is 390 g/mol. The fourth-order valence-electron chi connectivity index (χ4n) is 1.61. The van der Waals surface area contributed by atoms with Gasteiger partial charge in [-0.3, -0.25) is 4.79 Å². The van der Waals surface area contributed by atoms with Crippen LogP contribution in [0.2, 0.25) is 15.1 Å². The van der Waals surface area contributed by atoms with Gasteiger partial charge in [0.15, 0.2) is 6.10 Å². The molecule has 23 heavy (non-hydrogen) atoms. The van der Waals surface area contributed by atoms with Crippen molar-refractivity contribution in [1.29, 1.82) is 0 Å². The molecule has 1 unspecified atom stereocenters. The van der Waals surface area contributed by atoms with Crippen LogP contribution < -0.4 is 10.2 Å². The van der Waals surface area contributed by atoms with Crippen molar-refractivity contribution in [3.63, 3.8) is 0 Å². The van der Waals surface area contributed by atoms with Crippen LogP contribution in [0.5, 0.6) is 5.75 Å². The number of thiophene rings is 1. The Kier molecular flexibility index (Phi) is 6.30. The number of rotatable bonds is 5. The number of hydrazone groups is 1. The molecule has 0 radical (unpaired) electrons. The molecule has 1 atom stereocenters. The van der Waals surface area contributed by atoms with Crippen molar-refractivity contribution in [1.82, 2.24) is 5.43 Å². The molecule has 4 nitrogen and oxygen atoms in total. The molecule has 0 spiro atoms. The summed E-state index contributed by atoms with van der Waals surface area (Å²) in [7, 11) is 0. The molecule has 1 aromatic heterocycles. The summed E-state index contributed by atoms with van der Waals surface area (Å²) in [5.41, 5.74) is 2.42. The van der Waals surface area contributed by atoms with Gasteiger partial charge < -0.3 is 4.74 Å². The van der Waals surface area contributed by atoms with Crippen LogP contribution in [0.15, 0.2) is 29.4 Å². The van der Waals surface area contributed by atoms with Gasteiger partial charge in [-0.1, -0.05) is 34.8 Å². The molecule has 0 aliphatic heterocycles. The molecular formula is C15H13Cl3N2O2S. The van der Waals surface area contributed by atoms with E-state index < -0.39 is 12.0 Å². The third-order valence-electron chi connectivity index (χ3n) is 2.78. The first kappa shape index (κ1) is 18.1. The lowest BCUT2D eigenvalue weighted by Crippen LogP contribution is -2.33. The second-order valence-corrected chi connectivity index (χ2v) is 7.18. The highest BCUT2D eigenvalue weighted by Gasteiger charge is 2.16. The van der Waals surface area contributed by atoms with Gasteiger partial charge in [-0.2, -0.15) is 5.10 Å². The maximum atomic E-state index is 12.0. The van der Waals surface area contributed by atoms with Crippen LogP contribution >= 0.6 is 46.1 Å². The Morgan fingerprint density at radius 3 is 2.61 bits per heavy atom. The molecule has 2 aromatic rings. The Bertz CT molecular complexity index is 746. The number of carbonyl (C=O) groups excluding carboxylic acids is 1. The molecule has 0 saturated heterocycles. The van der Waals surface area contributed by atoms with E-state index in [4.69, 9.17) is 39.5 Å². The van der Waals surface area contributed by atoms with Crippen LogP contribution in [0.3, 0.4) is 0 Å². The predicted octanol–water partition coefficient (Wildman–Crippen LogP) is 4.93. The molecule has 8 heteroatoms. The van der Waals surface area contributed by atoms with E-state index in [1.165, 1.54) is 17.0 Å². The summed E-state index contributed by atoms with van der Waals surface area (Å²) in [5, 5.41) is 4.78. The number of aryl methyl sites for hydroxylation is 1. The smallest absolute Gasteiger partial charge is 0.280 e. The number of halogens is 3. The fourth-order valence-corrected chi connectivity index (χ4v) is 2.94. The maximum absolute atomic E-state index is 12.0. The second-order valence-electron chi connectivity index (χ2n) is 4.64. The number of nitrogens with one attached hydrogen (secondary N) is 1. The predicted molar refractivity (Wildman–Crippen MR) is 96.4 cm³/mol. The summed E-state index contributed by atoms with van der Waals surface area (Å²) >= 11 is 19.3. The van der Waals surface area contributed by atoms with E-state index in [2.05, 4.69) is 10.5 Å². The van der Waals surface area contributed by atoms with E-state index in [1.54, 1.807) is 24.5 Å². The van der Waals surface area contributed by atoms with Gasteiger partial charge >= 0.3 is 0 Å². The highest BCUT2D eigenvalue weighted by atomic mass is 35.5. The quantitative estimate of drug-likeness (QED) is 0.446. The minimum absolute atomic E-state index is 0.275. The van der Waals surface area contributed by atoms with Crippen LogP contribution in [-0.4, -0.2) is 18.2 Å². The van der Waals surface area contributed by atoms with Crippen LogP contribution in [0.25, 0.3) is 0 Å². The summed E-state index contributed by atoms with van der Waals surface area (Å²) in [4.78, 5) is 14.1. The molecule has 122 valence electrons. The van der Waals surface area contributed by atoms with Gasteiger partial charge in [0.1, 0.15) is 5.75 Å². The Morgan fingerprint density at radius 2 is 1.96 bits per heavy atom. The fraction of sp³-hybridized carbons (Fsp3) is 0.200. The van der Waals surface area contributed by atoms with Crippen molar-refractivity contribution in [2.45, 2.75) is 20.0 Å². The molecule has 0 fully saturated rings. The van der Waals surface area contributed by atoms with Gasteiger partial charge in [-0.05, 0) is 32.0 Å². The van der Waals surface area contributed by atoms with E-state index >= 15 is 0 Å². The summed E-state index contributed by atoms with van der Waals surface area (Å²) in [6, 6.07) is 6.83. The lowest BCUT2D eigenvalue weighted by Gasteiger charge is -2.14. The number of nitrogens with zero attached hydrogens (tertiary/aromatic N) is 1. The van der Waals surface area contributed by atoms with Crippen LogP contribution in [0.4, 0.5) is 0 Å². The lowest BCUT2D eigenvalue weighted by atomic mass is 10.3. The van der Waals surface area contributed by atoms with Gasteiger partial charge in [-0.15, -0.1) is 11.3 Å². The highest BCUT2D eigenvalue weighted by Crippen LogP contribution is 2.34. The number of hydrogen-bond acceptors (Lipinski definition) is 4. The van der Waals surface area contributed by atoms with E-state index in [0.717, 1.165) is 4.88 Å². The van der Waals surface area contributed by atoms with Gasteiger partial charge in [0.05, 0.1) is 21.3 Å². The van der Waals surface area contributed by atoms with Crippen molar-refractivity contribution in [3.05, 3.63) is 49.1 Å². The minimum atomic E-state index is -0.799. The van der Waals surface area contributed by atoms with E-state index in [-0.39, 0.29) is 10.8 Å². The van der Waals surface area contributed by atoms with Gasteiger partial charge in [-0.25, -0.2) is 5.43 Å². The van der Waals surface area contributed by atoms with Crippen LogP contribution in [0.1, 0.15) is 16.7 Å². The number of ether oxygens (including phenoxy) is 1. The van der Waals surface area contributed by atoms with Crippen molar-refractivity contribution in [2.24, 2.45) is 5.10 Å². The average molecular weight is 392 g/mol. The Hall–Kier alpha value is -1.27. The van der Waals surface area contributed by atoms with Gasteiger partial charge in [0, 0.05) is 15.8 Å². The zero-order chi connectivity index (χ0) is 17.0. The van der Waals surface area contributed by atoms with Crippen LogP contribution in [-0.2, 0) is 4.79 Å². The maximum Gasteiger partial charge on any atom is 0.280 e. The molecule has 1 aromatic carbocycles. The minimum Gasteiger partial charge on any atom is -0.479 e. The standard InChI is InChI=1S/C15H13Cl3N2O2S/c1-8-3-4-10(23-8)7-19-20-15(21)9(2)22-14-6-12(17)11(16)5-13(14)18/h3-7,9H,1-2H3,(H,20,21)/b19-7-. The summed E-state index contributed by atoms with van der Waals surface area (Å²) in [5.74, 6) is -0.127. The zero-order valence-electron chi connectivity index (χ0n) is 12.3. The van der Waals surface area contributed by atoms with Crippen molar-refractivity contribution < 1.29 is 9.53 Å². The molecule has 0 aliphatic rings. The Balaban J connectivity index is 1.95. The number of benzene rings is 1. The van der Waals surface area contributed by atoms with Crippen molar-refractivity contribution in [2.75, 3.05) is 0 Å². The van der Waals surface area contributed by atoms with Crippen molar-refractivity contribution >= 4 is 58.3 Å². The number of amides is 1. The Labute approximate surface area is 153 Å². The first-order valence-electron chi connectivity index (χ1n) is 6.57. The van der Waals surface area contributed by atoms with E-state index in [1.807, 2.05) is 19.1 Å². The average Bonchev–Trinajstić information content (AvgIpc) is 2.90. The van der Waals surface area contributed by atoms with Crippen LogP contribution in [0, 0.1) is 6.92 Å². The number of carbonyl (C=O) groups is 1. The molecule has 1 amide bonds. The zero-order valence-corrected chi connectivity index (χ0v) is 15.4. The topological polar surface area (TPSA) is 50.7 Å².